The van der Waals surface area contributed by atoms with Crippen LogP contribution < -0.4 is 10.6 Å². The van der Waals surface area contributed by atoms with Crippen molar-refractivity contribution in [1.29, 1.82) is 0 Å². The standard InChI is InChI=1S/C15H22N2/c1-2-5-14-12(4-1)9-11-17-15(14)6-3-10-16-13-7-8-13/h1-2,4-5,13,15-17H,3,6-11H2. The Balaban J connectivity index is 1.52. The van der Waals surface area contributed by atoms with Crippen molar-refractivity contribution < 1.29 is 0 Å². The number of nitrogens with one attached hydrogen (secondary N) is 2. The van der Waals surface area contributed by atoms with Crippen molar-refractivity contribution in [3.05, 3.63) is 35.4 Å². The van der Waals surface area contributed by atoms with Gasteiger partial charge in [-0.05, 0) is 56.3 Å². The summed E-state index contributed by atoms with van der Waals surface area (Å²) in [4.78, 5) is 0. The number of hydrogen-bond donors (Lipinski definition) is 2. The van der Waals surface area contributed by atoms with Gasteiger partial charge >= 0.3 is 0 Å². The van der Waals surface area contributed by atoms with Gasteiger partial charge in [0.15, 0.2) is 0 Å². The lowest BCUT2D eigenvalue weighted by molar-refractivity contribution is 0.454. The van der Waals surface area contributed by atoms with Crippen LogP contribution in [0.4, 0.5) is 0 Å². The minimum atomic E-state index is 0.584. The lowest BCUT2D eigenvalue weighted by atomic mass is 9.92. The highest BCUT2D eigenvalue weighted by molar-refractivity contribution is 5.32. The molecule has 1 unspecified atom stereocenters. The largest absolute Gasteiger partial charge is 0.314 e. The van der Waals surface area contributed by atoms with E-state index in [4.69, 9.17) is 0 Å². The molecule has 0 saturated heterocycles. The fraction of sp³-hybridized carbons (Fsp3) is 0.600. The summed E-state index contributed by atoms with van der Waals surface area (Å²) in [6.07, 6.45) is 6.52. The fourth-order valence-corrected chi connectivity index (χ4v) is 2.75. The highest BCUT2D eigenvalue weighted by atomic mass is 14.9. The van der Waals surface area contributed by atoms with Gasteiger partial charge in [0.25, 0.3) is 0 Å². The Labute approximate surface area is 104 Å². The molecule has 17 heavy (non-hydrogen) atoms. The minimum Gasteiger partial charge on any atom is -0.314 e. The summed E-state index contributed by atoms with van der Waals surface area (Å²) in [6.45, 7) is 2.32. The molecular weight excluding hydrogens is 208 g/mol. The van der Waals surface area contributed by atoms with Crippen molar-refractivity contribution in [1.82, 2.24) is 10.6 Å². The Bertz CT molecular complexity index is 371. The van der Waals surface area contributed by atoms with Crippen molar-refractivity contribution in [3.63, 3.8) is 0 Å². The highest BCUT2D eigenvalue weighted by Gasteiger charge is 2.21. The van der Waals surface area contributed by atoms with Crippen molar-refractivity contribution >= 4 is 0 Å². The first-order chi connectivity index (χ1) is 8.43. The van der Waals surface area contributed by atoms with Crippen molar-refractivity contribution in [2.75, 3.05) is 13.1 Å². The summed E-state index contributed by atoms with van der Waals surface area (Å²) in [6, 6.07) is 10.3. The zero-order valence-corrected chi connectivity index (χ0v) is 10.4. The summed E-state index contributed by atoms with van der Waals surface area (Å²) in [7, 11) is 0. The smallest absolute Gasteiger partial charge is 0.0323 e. The molecule has 0 amide bonds. The Morgan fingerprint density at radius 1 is 1.24 bits per heavy atom. The van der Waals surface area contributed by atoms with Gasteiger partial charge in [0.05, 0.1) is 0 Å². The Morgan fingerprint density at radius 3 is 3.00 bits per heavy atom. The molecule has 0 bridgehead atoms. The van der Waals surface area contributed by atoms with E-state index < -0.39 is 0 Å². The van der Waals surface area contributed by atoms with Crippen LogP contribution in [0.1, 0.15) is 42.9 Å². The molecule has 1 aromatic carbocycles. The maximum atomic E-state index is 3.65. The van der Waals surface area contributed by atoms with E-state index in [-0.39, 0.29) is 0 Å². The summed E-state index contributed by atoms with van der Waals surface area (Å²) in [5.41, 5.74) is 3.08. The summed E-state index contributed by atoms with van der Waals surface area (Å²) in [5, 5.41) is 7.24. The van der Waals surface area contributed by atoms with E-state index in [0.29, 0.717) is 6.04 Å². The van der Waals surface area contributed by atoms with E-state index in [0.717, 1.165) is 12.6 Å². The second-order valence-electron chi connectivity index (χ2n) is 5.33. The third kappa shape index (κ3) is 2.88. The minimum absolute atomic E-state index is 0.584. The van der Waals surface area contributed by atoms with Crippen LogP contribution in [0.25, 0.3) is 0 Å². The number of fused-ring (bicyclic) bond motifs is 1. The van der Waals surface area contributed by atoms with Crippen LogP contribution in [-0.4, -0.2) is 19.1 Å². The normalized spacial score (nSPS) is 23.4. The first kappa shape index (κ1) is 11.2. The van der Waals surface area contributed by atoms with Crippen molar-refractivity contribution in [2.24, 2.45) is 0 Å². The molecule has 1 atom stereocenters. The molecule has 0 spiro atoms. The predicted octanol–water partition coefficient (Wildman–Crippen LogP) is 2.41. The van der Waals surface area contributed by atoms with Crippen LogP contribution >= 0.6 is 0 Å². The Kier molecular flexibility index (Phi) is 3.44. The molecule has 1 aliphatic carbocycles. The molecule has 1 aromatic rings. The third-order valence-corrected chi connectivity index (χ3v) is 3.90. The first-order valence-corrected chi connectivity index (χ1v) is 6.98. The van der Waals surface area contributed by atoms with Crippen LogP contribution in [0.2, 0.25) is 0 Å². The maximum absolute atomic E-state index is 3.65. The quantitative estimate of drug-likeness (QED) is 0.759. The molecule has 1 aliphatic heterocycles. The van der Waals surface area contributed by atoms with Crippen LogP contribution in [0, 0.1) is 0 Å². The van der Waals surface area contributed by atoms with Gasteiger partial charge in [-0.1, -0.05) is 24.3 Å². The molecule has 2 aliphatic rings. The molecule has 92 valence electrons. The SMILES string of the molecule is c1ccc2c(c1)CCNC2CCCNC1CC1. The van der Waals surface area contributed by atoms with Crippen molar-refractivity contribution in [3.8, 4) is 0 Å². The summed E-state index contributed by atoms with van der Waals surface area (Å²) < 4.78 is 0. The highest BCUT2D eigenvalue weighted by Crippen LogP contribution is 2.26. The lowest BCUT2D eigenvalue weighted by Crippen LogP contribution is -2.30. The molecule has 2 nitrogen and oxygen atoms in total. The van der Waals surface area contributed by atoms with E-state index in [1.54, 1.807) is 5.56 Å². The zero-order valence-electron chi connectivity index (χ0n) is 10.4. The fourth-order valence-electron chi connectivity index (χ4n) is 2.75. The van der Waals surface area contributed by atoms with Gasteiger partial charge in [-0.25, -0.2) is 0 Å². The molecule has 0 aromatic heterocycles. The van der Waals surface area contributed by atoms with Crippen LogP contribution in [0.15, 0.2) is 24.3 Å². The summed E-state index contributed by atoms with van der Waals surface area (Å²) in [5.74, 6) is 0. The van der Waals surface area contributed by atoms with Gasteiger partial charge in [-0.2, -0.15) is 0 Å². The molecule has 2 heteroatoms. The molecule has 1 heterocycles. The van der Waals surface area contributed by atoms with E-state index in [9.17, 15) is 0 Å². The topological polar surface area (TPSA) is 24.1 Å². The molecule has 2 N–H and O–H groups in total. The predicted molar refractivity (Wildman–Crippen MR) is 71.1 cm³/mol. The maximum Gasteiger partial charge on any atom is 0.0323 e. The van der Waals surface area contributed by atoms with E-state index in [1.165, 1.54) is 44.2 Å². The van der Waals surface area contributed by atoms with Gasteiger partial charge < -0.3 is 10.6 Å². The van der Waals surface area contributed by atoms with Crippen LogP contribution in [-0.2, 0) is 6.42 Å². The number of benzene rings is 1. The number of rotatable bonds is 5. The van der Waals surface area contributed by atoms with E-state index in [2.05, 4.69) is 34.9 Å². The van der Waals surface area contributed by atoms with Crippen molar-refractivity contribution in [2.45, 2.75) is 44.2 Å². The van der Waals surface area contributed by atoms with Gasteiger partial charge in [0, 0.05) is 12.1 Å². The second kappa shape index (κ2) is 5.19. The molecular formula is C15H22N2. The molecule has 3 rings (SSSR count). The third-order valence-electron chi connectivity index (χ3n) is 3.90. The van der Waals surface area contributed by atoms with Gasteiger partial charge in [0.2, 0.25) is 0 Å². The lowest BCUT2D eigenvalue weighted by Gasteiger charge is -2.27. The zero-order chi connectivity index (χ0) is 11.5. The van der Waals surface area contributed by atoms with E-state index in [1.807, 2.05) is 0 Å². The van der Waals surface area contributed by atoms with Gasteiger partial charge in [-0.3, -0.25) is 0 Å². The van der Waals surface area contributed by atoms with E-state index >= 15 is 0 Å². The van der Waals surface area contributed by atoms with Gasteiger partial charge in [-0.15, -0.1) is 0 Å². The summed E-state index contributed by atoms with van der Waals surface area (Å²) >= 11 is 0. The first-order valence-electron chi connectivity index (χ1n) is 6.98. The monoisotopic (exact) mass is 230 g/mol. The molecule has 0 radical (unpaired) electrons. The molecule has 1 saturated carbocycles. The average molecular weight is 230 g/mol. The Morgan fingerprint density at radius 2 is 2.12 bits per heavy atom. The second-order valence-corrected chi connectivity index (χ2v) is 5.33. The molecule has 1 fully saturated rings. The van der Waals surface area contributed by atoms with Gasteiger partial charge in [0.1, 0.15) is 0 Å². The average Bonchev–Trinajstić information content (AvgIpc) is 3.19. The Hall–Kier alpha value is -0.860. The number of hydrogen-bond acceptors (Lipinski definition) is 2. The van der Waals surface area contributed by atoms with Crippen LogP contribution in [0.3, 0.4) is 0 Å². The van der Waals surface area contributed by atoms with Crippen LogP contribution in [0.5, 0.6) is 0 Å².